The van der Waals surface area contributed by atoms with Gasteiger partial charge in [0.25, 0.3) is 0 Å². The van der Waals surface area contributed by atoms with Crippen molar-refractivity contribution in [2.24, 2.45) is 0 Å². The number of hydrogen-bond donors (Lipinski definition) is 3. The zero-order valence-corrected chi connectivity index (χ0v) is 12.3. The fraction of sp³-hybridized carbons (Fsp3) is 1.00. The maximum atomic E-state index is 4.42. The van der Waals surface area contributed by atoms with E-state index in [9.17, 15) is 0 Å². The van der Waals surface area contributed by atoms with Crippen molar-refractivity contribution >= 4 is 73.2 Å². The largest absolute Gasteiger partial charge is 0.178 e. The van der Waals surface area contributed by atoms with Gasteiger partial charge in [-0.1, -0.05) is 0 Å². The summed E-state index contributed by atoms with van der Waals surface area (Å²) in [5.74, 6) is 4.24. The molecule has 3 unspecified atom stereocenters. The Hall–Kier alpha value is 2.10. The maximum absolute atomic E-state index is 4.42. The fourth-order valence-electron chi connectivity index (χ4n) is 0.847. The summed E-state index contributed by atoms with van der Waals surface area (Å²) in [7, 11) is 0. The van der Waals surface area contributed by atoms with Crippen LogP contribution in [0.2, 0.25) is 0 Å². The van der Waals surface area contributed by atoms with Gasteiger partial charge in [-0.3, -0.25) is 0 Å². The molecule has 0 amide bonds. The lowest BCUT2D eigenvalue weighted by Gasteiger charge is -2.11. The molecule has 1 heterocycles. The lowest BCUT2D eigenvalue weighted by molar-refractivity contribution is 1.17. The molecular weight excluding hydrogens is 276 g/mol. The van der Waals surface area contributed by atoms with Crippen LogP contribution in [0.3, 0.4) is 0 Å². The van der Waals surface area contributed by atoms with E-state index in [1.165, 1.54) is 5.75 Å². The molecule has 0 aromatic heterocycles. The summed E-state index contributed by atoms with van der Waals surface area (Å²) in [6.07, 6.45) is 0. The van der Waals surface area contributed by atoms with Crippen molar-refractivity contribution in [2.45, 2.75) is 14.4 Å². The predicted octanol–water partition coefficient (Wildman–Crippen LogP) is 3.01. The Morgan fingerprint density at radius 2 is 2.23 bits per heavy atom. The Morgan fingerprint density at radius 1 is 1.46 bits per heavy atom. The van der Waals surface area contributed by atoms with Gasteiger partial charge in [-0.2, -0.15) is 37.9 Å². The summed E-state index contributed by atoms with van der Waals surface area (Å²) < 4.78 is 0.701. The molecule has 1 aliphatic heterocycles. The van der Waals surface area contributed by atoms with Crippen molar-refractivity contribution in [1.29, 1.82) is 0 Å². The Labute approximate surface area is 110 Å². The quantitative estimate of drug-likeness (QED) is 0.667. The molecule has 0 nitrogen and oxygen atoms in total. The van der Waals surface area contributed by atoms with E-state index >= 15 is 0 Å². The first-order valence-corrected chi connectivity index (χ1v) is 8.87. The summed E-state index contributed by atoms with van der Waals surface area (Å²) in [6, 6.07) is 0. The van der Waals surface area contributed by atoms with Crippen molar-refractivity contribution in [1.82, 2.24) is 0 Å². The summed E-state index contributed by atoms with van der Waals surface area (Å²) >= 11 is 19.0. The van der Waals surface area contributed by atoms with Gasteiger partial charge >= 0.3 is 0 Å². The van der Waals surface area contributed by atoms with E-state index < -0.39 is 0 Å². The SMILES string of the molecule is SCC(S)CSC1SCC(CS)S1. The van der Waals surface area contributed by atoms with Gasteiger partial charge in [0.05, 0.1) is 3.91 Å². The van der Waals surface area contributed by atoms with Crippen LogP contribution in [0.5, 0.6) is 0 Å². The van der Waals surface area contributed by atoms with Crippen molar-refractivity contribution in [3.8, 4) is 0 Å². The molecule has 3 atom stereocenters. The second-order valence-electron chi connectivity index (χ2n) is 2.73. The number of hydrogen-bond acceptors (Lipinski definition) is 6. The molecule has 0 spiro atoms. The molecule has 0 bridgehead atoms. The summed E-state index contributed by atoms with van der Waals surface area (Å²) in [5.41, 5.74) is 0. The van der Waals surface area contributed by atoms with Gasteiger partial charge in [0.1, 0.15) is 0 Å². The smallest absolute Gasteiger partial charge is 0.0959 e. The minimum absolute atomic E-state index is 0.435. The van der Waals surface area contributed by atoms with Crippen molar-refractivity contribution < 1.29 is 0 Å². The highest BCUT2D eigenvalue weighted by molar-refractivity contribution is 8.34. The maximum Gasteiger partial charge on any atom is 0.0959 e. The normalized spacial score (nSPS) is 30.7. The minimum atomic E-state index is 0.435. The molecule has 1 aliphatic rings. The Balaban J connectivity index is 2.10. The lowest BCUT2D eigenvalue weighted by Crippen LogP contribution is -2.06. The molecule has 0 aliphatic carbocycles. The molecule has 0 aromatic rings. The second kappa shape index (κ2) is 7.39. The van der Waals surface area contributed by atoms with Crippen molar-refractivity contribution in [3.05, 3.63) is 0 Å². The van der Waals surface area contributed by atoms with Gasteiger partial charge in [-0.05, 0) is 0 Å². The van der Waals surface area contributed by atoms with Crippen LogP contribution in [-0.2, 0) is 0 Å². The Morgan fingerprint density at radius 3 is 2.77 bits per heavy atom. The first-order chi connectivity index (χ1) is 6.26. The first kappa shape index (κ1) is 13.2. The van der Waals surface area contributed by atoms with E-state index in [2.05, 4.69) is 49.6 Å². The van der Waals surface area contributed by atoms with E-state index in [1.54, 1.807) is 0 Å². The van der Waals surface area contributed by atoms with Crippen LogP contribution in [0.15, 0.2) is 0 Å². The number of rotatable bonds is 5. The van der Waals surface area contributed by atoms with Crippen LogP contribution < -0.4 is 0 Å². The number of thiol groups is 3. The highest BCUT2D eigenvalue weighted by Crippen LogP contribution is 2.44. The zero-order valence-electron chi connectivity index (χ0n) is 7.13. The van der Waals surface area contributed by atoms with Crippen LogP contribution in [0, 0.1) is 0 Å². The fourth-order valence-corrected chi connectivity index (χ4v) is 6.81. The van der Waals surface area contributed by atoms with Gasteiger partial charge < -0.3 is 0 Å². The monoisotopic (exact) mass is 290 g/mol. The van der Waals surface area contributed by atoms with Gasteiger partial charge in [-0.15, -0.1) is 35.3 Å². The van der Waals surface area contributed by atoms with Gasteiger partial charge in [-0.25, -0.2) is 0 Å². The third-order valence-electron chi connectivity index (χ3n) is 1.56. The van der Waals surface area contributed by atoms with Crippen LogP contribution in [0.1, 0.15) is 0 Å². The molecular formula is C7H14S6. The predicted molar refractivity (Wildman–Crippen MR) is 80.6 cm³/mol. The average molecular weight is 291 g/mol. The summed E-state index contributed by atoms with van der Waals surface area (Å²) in [6.45, 7) is 0. The topological polar surface area (TPSA) is 0 Å². The highest BCUT2D eigenvalue weighted by Gasteiger charge is 2.25. The molecule has 0 N–H and O–H groups in total. The molecule has 1 saturated heterocycles. The molecule has 0 radical (unpaired) electrons. The molecule has 13 heavy (non-hydrogen) atoms. The zero-order chi connectivity index (χ0) is 9.68. The van der Waals surface area contributed by atoms with Gasteiger partial charge in [0.2, 0.25) is 0 Å². The van der Waals surface area contributed by atoms with Crippen LogP contribution >= 0.6 is 73.2 Å². The minimum Gasteiger partial charge on any atom is -0.178 e. The summed E-state index contributed by atoms with van der Waals surface area (Å²) in [5, 5.41) is 1.18. The standard InChI is InChI=1S/C7H14S6/c8-1-5(10)3-11-7-12-4-6(2-9)13-7/h5-10H,1-4H2. The van der Waals surface area contributed by atoms with Crippen LogP contribution in [0.4, 0.5) is 0 Å². The molecule has 78 valence electrons. The van der Waals surface area contributed by atoms with Crippen LogP contribution in [-0.4, -0.2) is 37.4 Å². The summed E-state index contributed by atoms with van der Waals surface area (Å²) in [4.78, 5) is 0. The molecule has 1 fully saturated rings. The molecule has 6 heteroatoms. The van der Waals surface area contributed by atoms with Gasteiger partial charge in [0, 0.05) is 33.5 Å². The number of thioether (sulfide) groups is 3. The third kappa shape index (κ3) is 5.11. The lowest BCUT2D eigenvalue weighted by atomic mass is 10.6. The Kier molecular flexibility index (Phi) is 7.48. The molecule has 0 saturated carbocycles. The molecule has 0 aromatic carbocycles. The highest BCUT2D eigenvalue weighted by atomic mass is 32.3. The first-order valence-electron chi connectivity index (χ1n) is 4.04. The average Bonchev–Trinajstić information content (AvgIpc) is 2.61. The second-order valence-corrected chi connectivity index (χ2v) is 8.77. The van der Waals surface area contributed by atoms with Gasteiger partial charge in [0.15, 0.2) is 0 Å². The Bertz CT molecular complexity index is 141. The van der Waals surface area contributed by atoms with E-state index in [0.29, 0.717) is 9.16 Å². The third-order valence-corrected chi connectivity index (χ3v) is 8.77. The van der Waals surface area contributed by atoms with E-state index in [-0.39, 0.29) is 0 Å². The van der Waals surface area contributed by atoms with E-state index in [0.717, 1.165) is 22.5 Å². The van der Waals surface area contributed by atoms with E-state index in [4.69, 9.17) is 0 Å². The van der Waals surface area contributed by atoms with Crippen molar-refractivity contribution in [2.75, 3.05) is 23.0 Å². The molecule has 1 rings (SSSR count). The van der Waals surface area contributed by atoms with Crippen LogP contribution in [0.25, 0.3) is 0 Å². The van der Waals surface area contributed by atoms with Crippen molar-refractivity contribution in [3.63, 3.8) is 0 Å². The van der Waals surface area contributed by atoms with E-state index in [1.807, 2.05) is 23.5 Å².